The number of nitrogens with two attached hydrogens (primary N) is 1. The van der Waals surface area contributed by atoms with Gasteiger partial charge in [-0.15, -0.1) is 0 Å². The molecule has 4 heteroatoms. The average molecular weight is 259 g/mol. The Bertz CT molecular complexity index is 564. The molecule has 0 amide bonds. The molecular formula is C15H21N3O. The quantitative estimate of drug-likeness (QED) is 0.636. The summed E-state index contributed by atoms with van der Waals surface area (Å²) < 4.78 is 5.74. The molecule has 1 heterocycles. The Balaban J connectivity index is 1.80. The minimum absolute atomic E-state index is 0.466. The lowest BCUT2D eigenvalue weighted by Gasteiger charge is -2.21. The molecule has 0 spiro atoms. The van der Waals surface area contributed by atoms with Crippen LogP contribution in [0.5, 0.6) is 0 Å². The van der Waals surface area contributed by atoms with E-state index in [4.69, 9.17) is 10.2 Å². The summed E-state index contributed by atoms with van der Waals surface area (Å²) in [5.41, 5.74) is 8.07. The molecule has 1 aliphatic carbocycles. The van der Waals surface area contributed by atoms with Crippen LogP contribution < -0.4 is 11.1 Å². The molecule has 1 fully saturated rings. The maximum absolute atomic E-state index is 5.75. The van der Waals surface area contributed by atoms with E-state index in [1.807, 2.05) is 18.2 Å². The van der Waals surface area contributed by atoms with Gasteiger partial charge in [-0.25, -0.2) is 0 Å². The van der Waals surface area contributed by atoms with E-state index in [1.165, 1.54) is 32.1 Å². The minimum Gasteiger partial charge on any atom is -0.423 e. The Morgan fingerprint density at radius 3 is 3.00 bits per heavy atom. The predicted molar refractivity (Wildman–Crippen MR) is 78.1 cm³/mol. The first-order chi connectivity index (χ1) is 9.22. The smallest absolute Gasteiger partial charge is 0.295 e. The molecule has 19 heavy (non-hydrogen) atoms. The molecule has 0 bridgehead atoms. The maximum Gasteiger partial charge on any atom is 0.295 e. The minimum atomic E-state index is 0.466. The predicted octanol–water partition coefficient (Wildman–Crippen LogP) is 3.79. The van der Waals surface area contributed by atoms with Gasteiger partial charge in [-0.05, 0) is 30.9 Å². The molecule has 3 rings (SSSR count). The highest BCUT2D eigenvalue weighted by molar-refractivity contribution is 5.78. The van der Waals surface area contributed by atoms with Crippen molar-refractivity contribution in [2.75, 3.05) is 11.1 Å². The van der Waals surface area contributed by atoms with E-state index in [1.54, 1.807) is 0 Å². The zero-order valence-corrected chi connectivity index (χ0v) is 11.4. The van der Waals surface area contributed by atoms with Gasteiger partial charge < -0.3 is 15.5 Å². The van der Waals surface area contributed by atoms with Crippen LogP contribution in [0.25, 0.3) is 11.1 Å². The third kappa shape index (κ3) is 2.67. The summed E-state index contributed by atoms with van der Waals surface area (Å²) in [4.78, 5) is 4.48. The molecule has 0 aliphatic heterocycles. The highest BCUT2D eigenvalue weighted by Crippen LogP contribution is 2.27. The van der Waals surface area contributed by atoms with Gasteiger partial charge in [-0.1, -0.05) is 26.2 Å². The highest BCUT2D eigenvalue weighted by atomic mass is 16.4. The van der Waals surface area contributed by atoms with Gasteiger partial charge in [-0.3, -0.25) is 0 Å². The van der Waals surface area contributed by atoms with Crippen LogP contribution in [0.1, 0.15) is 39.0 Å². The summed E-state index contributed by atoms with van der Waals surface area (Å²) in [6.45, 7) is 2.31. The van der Waals surface area contributed by atoms with Crippen LogP contribution in [0.4, 0.5) is 11.7 Å². The molecule has 1 aromatic carbocycles. The Hall–Kier alpha value is -1.71. The fraction of sp³-hybridized carbons (Fsp3) is 0.533. The first kappa shape index (κ1) is 12.3. The number of anilines is 2. The molecule has 4 nitrogen and oxygen atoms in total. The molecule has 1 aromatic heterocycles. The van der Waals surface area contributed by atoms with Crippen molar-refractivity contribution in [3.05, 3.63) is 18.2 Å². The normalized spacial score (nSPS) is 24.3. The molecule has 2 unspecified atom stereocenters. The Kier molecular flexibility index (Phi) is 3.32. The lowest BCUT2D eigenvalue weighted by atomic mass is 9.97. The third-order valence-corrected chi connectivity index (χ3v) is 4.08. The number of nitrogens with zero attached hydrogens (tertiary/aromatic N) is 1. The van der Waals surface area contributed by atoms with Gasteiger partial charge >= 0.3 is 0 Å². The molecule has 3 N–H and O–H groups in total. The van der Waals surface area contributed by atoms with E-state index in [0.29, 0.717) is 23.7 Å². The second-order valence-corrected chi connectivity index (χ2v) is 5.61. The van der Waals surface area contributed by atoms with Crippen molar-refractivity contribution in [1.29, 1.82) is 0 Å². The lowest BCUT2D eigenvalue weighted by molar-refractivity contribution is 0.444. The van der Waals surface area contributed by atoms with Gasteiger partial charge in [0.05, 0.1) is 0 Å². The molecule has 1 saturated carbocycles. The van der Waals surface area contributed by atoms with Gasteiger partial charge in [-0.2, -0.15) is 4.98 Å². The van der Waals surface area contributed by atoms with Crippen molar-refractivity contribution in [3.8, 4) is 0 Å². The topological polar surface area (TPSA) is 64.1 Å². The van der Waals surface area contributed by atoms with Crippen molar-refractivity contribution in [2.24, 2.45) is 5.92 Å². The maximum atomic E-state index is 5.75. The number of rotatable bonds is 2. The second-order valence-electron chi connectivity index (χ2n) is 5.61. The molecule has 0 saturated heterocycles. The first-order valence-electron chi connectivity index (χ1n) is 7.15. The summed E-state index contributed by atoms with van der Waals surface area (Å²) >= 11 is 0. The standard InChI is InChI=1S/C15H21N3O/c1-10-5-3-2-4-6-12(10)17-15-18-13-8-7-11(16)9-14(13)19-15/h7-10,12H,2-6,16H2,1H3,(H,17,18). The molecule has 102 valence electrons. The molecule has 1 aliphatic rings. The van der Waals surface area contributed by atoms with Crippen LogP contribution in [-0.2, 0) is 0 Å². The van der Waals surface area contributed by atoms with Gasteiger partial charge in [0.1, 0.15) is 5.52 Å². The Labute approximate surface area is 113 Å². The van der Waals surface area contributed by atoms with Crippen molar-refractivity contribution in [1.82, 2.24) is 4.98 Å². The van der Waals surface area contributed by atoms with E-state index in [-0.39, 0.29) is 0 Å². The zero-order valence-electron chi connectivity index (χ0n) is 11.4. The highest BCUT2D eigenvalue weighted by Gasteiger charge is 2.21. The monoisotopic (exact) mass is 259 g/mol. The zero-order chi connectivity index (χ0) is 13.2. The van der Waals surface area contributed by atoms with Crippen LogP contribution in [-0.4, -0.2) is 11.0 Å². The van der Waals surface area contributed by atoms with E-state index in [0.717, 1.165) is 11.1 Å². The summed E-state index contributed by atoms with van der Waals surface area (Å²) in [5.74, 6) is 0.669. The van der Waals surface area contributed by atoms with E-state index >= 15 is 0 Å². The van der Waals surface area contributed by atoms with Gasteiger partial charge in [0, 0.05) is 17.8 Å². The Morgan fingerprint density at radius 1 is 1.26 bits per heavy atom. The second kappa shape index (κ2) is 5.11. The fourth-order valence-corrected chi connectivity index (χ4v) is 2.87. The van der Waals surface area contributed by atoms with E-state index < -0.39 is 0 Å². The van der Waals surface area contributed by atoms with Crippen LogP contribution in [0.3, 0.4) is 0 Å². The van der Waals surface area contributed by atoms with Crippen LogP contribution >= 0.6 is 0 Å². The number of nitrogen functional groups attached to an aromatic ring is 1. The van der Waals surface area contributed by atoms with Crippen LogP contribution in [0, 0.1) is 5.92 Å². The first-order valence-corrected chi connectivity index (χ1v) is 7.15. The average Bonchev–Trinajstić information content (AvgIpc) is 2.66. The summed E-state index contributed by atoms with van der Waals surface area (Å²) in [6, 6.07) is 6.66. The fourth-order valence-electron chi connectivity index (χ4n) is 2.87. The number of benzene rings is 1. The number of hydrogen-bond acceptors (Lipinski definition) is 4. The lowest BCUT2D eigenvalue weighted by Crippen LogP contribution is -2.26. The molecule has 2 aromatic rings. The summed E-state index contributed by atoms with van der Waals surface area (Å²) in [5, 5.41) is 3.46. The van der Waals surface area contributed by atoms with Crippen LogP contribution in [0.15, 0.2) is 22.6 Å². The van der Waals surface area contributed by atoms with Crippen molar-refractivity contribution < 1.29 is 4.42 Å². The van der Waals surface area contributed by atoms with Gasteiger partial charge in [0.15, 0.2) is 5.58 Å². The third-order valence-electron chi connectivity index (χ3n) is 4.08. The SMILES string of the molecule is CC1CCCCCC1Nc1nc2ccc(N)cc2o1. The Morgan fingerprint density at radius 2 is 2.11 bits per heavy atom. The largest absolute Gasteiger partial charge is 0.423 e. The number of nitrogens with one attached hydrogen (secondary N) is 1. The van der Waals surface area contributed by atoms with Crippen molar-refractivity contribution in [3.63, 3.8) is 0 Å². The van der Waals surface area contributed by atoms with Crippen molar-refractivity contribution >= 4 is 22.8 Å². The van der Waals surface area contributed by atoms with Crippen molar-refractivity contribution in [2.45, 2.75) is 45.1 Å². The summed E-state index contributed by atoms with van der Waals surface area (Å²) in [7, 11) is 0. The van der Waals surface area contributed by atoms with Crippen LogP contribution in [0.2, 0.25) is 0 Å². The number of hydrogen-bond donors (Lipinski definition) is 2. The van der Waals surface area contributed by atoms with Gasteiger partial charge in [0.25, 0.3) is 6.01 Å². The molecule has 2 atom stereocenters. The summed E-state index contributed by atoms with van der Waals surface area (Å²) in [6.07, 6.45) is 6.44. The molecular weight excluding hydrogens is 238 g/mol. The number of fused-ring (bicyclic) bond motifs is 1. The van der Waals surface area contributed by atoms with E-state index in [2.05, 4.69) is 17.2 Å². The number of aromatic nitrogens is 1. The molecule has 0 radical (unpaired) electrons. The number of oxazole rings is 1. The van der Waals surface area contributed by atoms with E-state index in [9.17, 15) is 0 Å². The van der Waals surface area contributed by atoms with Gasteiger partial charge in [0.2, 0.25) is 0 Å².